The first-order chi connectivity index (χ1) is 12.5. The molecule has 2 amide bonds. The van der Waals surface area contributed by atoms with Crippen LogP contribution in [0.5, 0.6) is 0 Å². The zero-order valence-corrected chi connectivity index (χ0v) is 15.6. The fourth-order valence-electron chi connectivity index (χ4n) is 3.01. The van der Waals surface area contributed by atoms with Gasteiger partial charge in [0.25, 0.3) is 0 Å². The van der Waals surface area contributed by atoms with Crippen molar-refractivity contribution < 1.29 is 14.1 Å². The first kappa shape index (κ1) is 18.4. The van der Waals surface area contributed by atoms with E-state index in [0.29, 0.717) is 23.3 Å². The molecule has 1 fully saturated rings. The maximum absolute atomic E-state index is 12.6. The van der Waals surface area contributed by atoms with Crippen LogP contribution in [0.4, 0.5) is 0 Å². The summed E-state index contributed by atoms with van der Waals surface area (Å²) in [7, 11) is 1.61. The molecule has 0 bridgehead atoms. The van der Waals surface area contributed by atoms with Crippen LogP contribution in [0.3, 0.4) is 0 Å². The van der Waals surface area contributed by atoms with Gasteiger partial charge in [0.1, 0.15) is 6.04 Å². The van der Waals surface area contributed by atoms with Gasteiger partial charge in [-0.25, -0.2) is 0 Å². The number of likely N-dealkylation sites (N-methyl/N-ethyl adjacent to an activating group) is 1. The van der Waals surface area contributed by atoms with Gasteiger partial charge in [0.05, 0.1) is 6.54 Å². The lowest BCUT2D eigenvalue weighted by atomic mass is 10.0. The normalized spacial score (nSPS) is 17.2. The van der Waals surface area contributed by atoms with Crippen LogP contribution in [0.2, 0.25) is 5.02 Å². The largest absolute Gasteiger partial charge is 0.337 e. The minimum Gasteiger partial charge on any atom is -0.337 e. The molecular formula is C18H21ClN4O3. The van der Waals surface area contributed by atoms with Crippen LogP contribution in [-0.4, -0.2) is 51.9 Å². The summed E-state index contributed by atoms with van der Waals surface area (Å²) in [4.78, 5) is 31.7. The van der Waals surface area contributed by atoms with E-state index in [9.17, 15) is 9.59 Å². The number of carbonyl (C=O) groups is 2. The number of likely N-dealkylation sites (tertiary alicyclic amines) is 1. The van der Waals surface area contributed by atoms with Crippen molar-refractivity contribution in [2.24, 2.45) is 0 Å². The molecule has 0 aliphatic carbocycles. The lowest BCUT2D eigenvalue weighted by molar-refractivity contribution is -0.141. The molecule has 138 valence electrons. The van der Waals surface area contributed by atoms with E-state index in [2.05, 4.69) is 10.1 Å². The Bertz CT molecular complexity index is 807. The monoisotopic (exact) mass is 376 g/mol. The Balaban J connectivity index is 1.80. The Morgan fingerprint density at radius 3 is 2.92 bits per heavy atom. The maximum Gasteiger partial charge on any atom is 0.249 e. The number of nitrogens with zero attached hydrogens (tertiary/aromatic N) is 4. The predicted octanol–water partition coefficient (Wildman–Crippen LogP) is 2.92. The number of hydrogen-bond acceptors (Lipinski definition) is 5. The first-order valence-corrected chi connectivity index (χ1v) is 8.94. The van der Waals surface area contributed by atoms with Crippen LogP contribution in [0.25, 0.3) is 11.4 Å². The van der Waals surface area contributed by atoms with Gasteiger partial charge in [-0.2, -0.15) is 4.98 Å². The Morgan fingerprint density at radius 1 is 1.38 bits per heavy atom. The average molecular weight is 377 g/mol. The molecule has 1 aromatic carbocycles. The minimum atomic E-state index is -0.267. The van der Waals surface area contributed by atoms with Crippen LogP contribution in [-0.2, 0) is 9.59 Å². The van der Waals surface area contributed by atoms with Crippen LogP contribution in [0.15, 0.2) is 28.8 Å². The zero-order chi connectivity index (χ0) is 18.7. The molecule has 0 saturated carbocycles. The van der Waals surface area contributed by atoms with Crippen molar-refractivity contribution in [3.8, 4) is 11.4 Å². The second-order valence-electron chi connectivity index (χ2n) is 6.44. The summed E-state index contributed by atoms with van der Waals surface area (Å²) in [6.45, 7) is 2.10. The van der Waals surface area contributed by atoms with Gasteiger partial charge in [0, 0.05) is 31.1 Å². The van der Waals surface area contributed by atoms with E-state index < -0.39 is 0 Å². The Kier molecular flexibility index (Phi) is 5.56. The number of amides is 2. The van der Waals surface area contributed by atoms with Gasteiger partial charge in [-0.15, -0.1) is 0 Å². The summed E-state index contributed by atoms with van der Waals surface area (Å²) in [5.74, 6) is 0.600. The van der Waals surface area contributed by atoms with E-state index in [-0.39, 0.29) is 24.4 Å². The second-order valence-corrected chi connectivity index (χ2v) is 6.88. The van der Waals surface area contributed by atoms with Crippen molar-refractivity contribution >= 4 is 23.4 Å². The number of halogens is 1. The van der Waals surface area contributed by atoms with E-state index in [4.69, 9.17) is 16.1 Å². The van der Waals surface area contributed by atoms with Crippen molar-refractivity contribution in [1.29, 1.82) is 0 Å². The van der Waals surface area contributed by atoms with Crippen molar-refractivity contribution in [3.05, 3.63) is 35.2 Å². The number of benzene rings is 1. The van der Waals surface area contributed by atoms with E-state index in [1.807, 2.05) is 12.1 Å². The summed E-state index contributed by atoms with van der Waals surface area (Å²) < 4.78 is 5.45. The van der Waals surface area contributed by atoms with Crippen LogP contribution in [0, 0.1) is 0 Å². The van der Waals surface area contributed by atoms with E-state index in [1.54, 1.807) is 24.1 Å². The van der Waals surface area contributed by atoms with Crippen molar-refractivity contribution in [1.82, 2.24) is 19.9 Å². The van der Waals surface area contributed by atoms with Gasteiger partial charge >= 0.3 is 0 Å². The molecule has 1 atom stereocenters. The second kappa shape index (κ2) is 7.86. The molecule has 1 saturated heterocycles. The Morgan fingerprint density at radius 2 is 2.19 bits per heavy atom. The van der Waals surface area contributed by atoms with Crippen molar-refractivity contribution in [3.63, 3.8) is 0 Å². The highest BCUT2D eigenvalue weighted by Gasteiger charge is 2.32. The van der Waals surface area contributed by atoms with E-state index in [0.717, 1.165) is 24.8 Å². The standard InChI is InChI=1S/C18H21ClN4O3/c1-12(24)22(2)11-16(25)23-9-4-3-8-15(23)18-20-17(21-26-18)13-6-5-7-14(19)10-13/h5-7,10,15H,3-4,8-9,11H2,1-2H3. The van der Waals surface area contributed by atoms with Gasteiger partial charge in [-0.3, -0.25) is 9.59 Å². The van der Waals surface area contributed by atoms with Crippen molar-refractivity contribution in [2.75, 3.05) is 20.1 Å². The highest BCUT2D eigenvalue weighted by molar-refractivity contribution is 6.30. The summed E-state index contributed by atoms with van der Waals surface area (Å²) >= 11 is 6.02. The van der Waals surface area contributed by atoms with E-state index in [1.165, 1.54) is 11.8 Å². The molecule has 0 spiro atoms. The van der Waals surface area contributed by atoms with Gasteiger partial charge in [0.15, 0.2) is 0 Å². The zero-order valence-electron chi connectivity index (χ0n) is 14.8. The molecule has 7 nitrogen and oxygen atoms in total. The summed E-state index contributed by atoms with van der Waals surface area (Å²) in [5, 5.41) is 4.63. The summed E-state index contributed by atoms with van der Waals surface area (Å²) in [5.41, 5.74) is 0.762. The topological polar surface area (TPSA) is 79.5 Å². The summed E-state index contributed by atoms with van der Waals surface area (Å²) in [6, 6.07) is 6.95. The van der Waals surface area contributed by atoms with Gasteiger partial charge in [-0.05, 0) is 31.4 Å². The predicted molar refractivity (Wildman–Crippen MR) is 96.4 cm³/mol. The number of piperidine rings is 1. The van der Waals surface area contributed by atoms with Gasteiger partial charge < -0.3 is 14.3 Å². The maximum atomic E-state index is 12.6. The van der Waals surface area contributed by atoms with Crippen LogP contribution in [0.1, 0.15) is 38.1 Å². The molecule has 8 heteroatoms. The Labute approximate surface area is 156 Å². The van der Waals surface area contributed by atoms with E-state index >= 15 is 0 Å². The quantitative estimate of drug-likeness (QED) is 0.819. The lowest BCUT2D eigenvalue weighted by Gasteiger charge is -2.34. The number of carbonyl (C=O) groups excluding carboxylic acids is 2. The highest BCUT2D eigenvalue weighted by Crippen LogP contribution is 2.31. The molecule has 26 heavy (non-hydrogen) atoms. The molecule has 0 radical (unpaired) electrons. The number of rotatable bonds is 4. The fourth-order valence-corrected chi connectivity index (χ4v) is 3.20. The number of hydrogen-bond donors (Lipinski definition) is 0. The third kappa shape index (κ3) is 4.04. The Hall–Kier alpha value is -2.41. The van der Waals surface area contributed by atoms with Crippen molar-refractivity contribution in [2.45, 2.75) is 32.2 Å². The first-order valence-electron chi connectivity index (χ1n) is 8.56. The molecule has 2 aromatic rings. The SMILES string of the molecule is CC(=O)N(C)CC(=O)N1CCCCC1c1nc(-c2cccc(Cl)c2)no1. The number of aromatic nitrogens is 2. The van der Waals surface area contributed by atoms with Crippen LogP contribution >= 0.6 is 11.6 Å². The molecule has 1 unspecified atom stereocenters. The molecular weight excluding hydrogens is 356 g/mol. The molecule has 0 N–H and O–H groups in total. The van der Waals surface area contributed by atoms with Gasteiger partial charge in [0.2, 0.25) is 23.5 Å². The highest BCUT2D eigenvalue weighted by atomic mass is 35.5. The van der Waals surface area contributed by atoms with Gasteiger partial charge in [-0.1, -0.05) is 28.9 Å². The van der Waals surface area contributed by atoms with Crippen LogP contribution < -0.4 is 0 Å². The smallest absolute Gasteiger partial charge is 0.249 e. The third-order valence-electron chi connectivity index (χ3n) is 4.54. The molecule has 2 heterocycles. The lowest BCUT2D eigenvalue weighted by Crippen LogP contribution is -2.44. The average Bonchev–Trinajstić information content (AvgIpc) is 3.11. The third-order valence-corrected chi connectivity index (χ3v) is 4.78. The molecule has 1 aliphatic rings. The minimum absolute atomic E-state index is 0.0428. The molecule has 1 aromatic heterocycles. The molecule has 1 aliphatic heterocycles. The summed E-state index contributed by atoms with van der Waals surface area (Å²) in [6.07, 6.45) is 2.65. The fraction of sp³-hybridized carbons (Fsp3) is 0.444. The molecule has 3 rings (SSSR count).